The molecule has 0 radical (unpaired) electrons. The van der Waals surface area contributed by atoms with E-state index in [9.17, 15) is 13.6 Å². The maximum atomic E-state index is 14.1. The van der Waals surface area contributed by atoms with Crippen LogP contribution in [0.5, 0.6) is 0 Å². The molecule has 0 bridgehead atoms. The number of rotatable bonds is 3. The van der Waals surface area contributed by atoms with Gasteiger partial charge in [0.25, 0.3) is 0 Å². The Morgan fingerprint density at radius 1 is 1.29 bits per heavy atom. The van der Waals surface area contributed by atoms with Crippen molar-refractivity contribution in [3.8, 4) is 0 Å². The third kappa shape index (κ3) is 2.31. The Bertz CT molecular complexity index is 926. The number of nitrogens with zero attached hydrogens (tertiary/aromatic N) is 5. The van der Waals surface area contributed by atoms with Crippen molar-refractivity contribution in [1.29, 1.82) is 0 Å². The van der Waals surface area contributed by atoms with Gasteiger partial charge in [-0.25, -0.2) is 18.3 Å². The largest absolute Gasteiger partial charge is 0.334 e. The van der Waals surface area contributed by atoms with Crippen molar-refractivity contribution in [2.45, 2.75) is 18.9 Å². The lowest BCUT2D eigenvalue weighted by atomic mass is 10.0. The fourth-order valence-corrected chi connectivity index (χ4v) is 3.12. The van der Waals surface area contributed by atoms with Crippen LogP contribution in [0.3, 0.4) is 0 Å². The molecule has 1 aromatic carbocycles. The number of hydrogen-bond acceptors (Lipinski definition) is 5. The summed E-state index contributed by atoms with van der Waals surface area (Å²) in [6.45, 7) is 0.626. The molecule has 3 aromatic rings. The molecule has 1 atom stereocenters. The monoisotopic (exact) mass is 329 g/mol. The van der Waals surface area contributed by atoms with Gasteiger partial charge in [0.05, 0.1) is 17.8 Å². The smallest absolute Gasteiger partial charge is 0.229 e. The summed E-state index contributed by atoms with van der Waals surface area (Å²) in [7, 11) is 0. The van der Waals surface area contributed by atoms with Crippen molar-refractivity contribution in [2.24, 2.45) is 0 Å². The van der Waals surface area contributed by atoms with E-state index in [-0.39, 0.29) is 6.04 Å². The summed E-state index contributed by atoms with van der Waals surface area (Å²) in [6, 6.07) is 3.11. The van der Waals surface area contributed by atoms with Crippen LogP contribution in [0.25, 0.3) is 5.65 Å². The first-order valence-corrected chi connectivity index (χ1v) is 7.54. The second kappa shape index (κ2) is 5.63. The molecule has 4 rings (SSSR count). The van der Waals surface area contributed by atoms with Crippen molar-refractivity contribution in [2.75, 3.05) is 11.4 Å². The normalized spacial score (nSPS) is 17.6. The number of benzene rings is 1. The fraction of sp³-hybridized carbons (Fsp3) is 0.250. The van der Waals surface area contributed by atoms with Gasteiger partial charge in [0.2, 0.25) is 5.95 Å². The lowest BCUT2D eigenvalue weighted by molar-refractivity contribution is 0.112. The Balaban J connectivity index is 1.77. The van der Waals surface area contributed by atoms with E-state index in [2.05, 4.69) is 15.1 Å². The molecule has 6 nitrogen and oxygen atoms in total. The number of anilines is 1. The summed E-state index contributed by atoms with van der Waals surface area (Å²) in [5.41, 5.74) is 1.03. The highest BCUT2D eigenvalue weighted by Gasteiger charge is 2.30. The second-order valence-electron chi connectivity index (χ2n) is 5.66. The topological polar surface area (TPSA) is 63.4 Å². The van der Waals surface area contributed by atoms with Crippen LogP contribution >= 0.6 is 0 Å². The number of hydrogen-bond donors (Lipinski definition) is 0. The maximum absolute atomic E-state index is 14.1. The predicted octanol–water partition coefficient (Wildman–Crippen LogP) is 2.56. The highest BCUT2D eigenvalue weighted by atomic mass is 19.1. The molecule has 24 heavy (non-hydrogen) atoms. The summed E-state index contributed by atoms with van der Waals surface area (Å²) in [5.74, 6) is -0.557. The Kier molecular flexibility index (Phi) is 3.44. The third-order valence-corrected chi connectivity index (χ3v) is 4.24. The molecule has 0 aliphatic carbocycles. The average Bonchev–Trinajstić information content (AvgIpc) is 3.22. The van der Waals surface area contributed by atoms with Gasteiger partial charge in [-0.05, 0) is 31.0 Å². The highest BCUT2D eigenvalue weighted by Crippen LogP contribution is 2.36. The van der Waals surface area contributed by atoms with Gasteiger partial charge in [-0.1, -0.05) is 0 Å². The number of carbonyl (C=O) groups is 1. The highest BCUT2D eigenvalue weighted by molar-refractivity contribution is 5.83. The van der Waals surface area contributed by atoms with Crippen molar-refractivity contribution >= 4 is 17.9 Å². The van der Waals surface area contributed by atoms with Gasteiger partial charge in [0.15, 0.2) is 11.9 Å². The quantitative estimate of drug-likeness (QED) is 0.691. The van der Waals surface area contributed by atoms with Gasteiger partial charge in [-0.2, -0.15) is 10.1 Å². The molecule has 1 unspecified atom stereocenters. The van der Waals surface area contributed by atoms with Crippen LogP contribution in [0, 0.1) is 11.6 Å². The van der Waals surface area contributed by atoms with Crippen LogP contribution in [-0.4, -0.2) is 32.4 Å². The molecule has 1 aliphatic rings. The molecule has 8 heteroatoms. The zero-order chi connectivity index (χ0) is 16.7. The number of aromatic nitrogens is 4. The average molecular weight is 329 g/mol. The standard InChI is InChI=1S/C16H13F2N5O/c17-11-3-4-13(18)12(6-11)14-2-1-5-22(14)16-19-9-23-15(21-16)10(8-24)7-20-23/h3-4,6-9,14H,1-2,5H2. The molecular formula is C16H13F2N5O. The van der Waals surface area contributed by atoms with Gasteiger partial charge >= 0.3 is 0 Å². The summed E-state index contributed by atoms with van der Waals surface area (Å²) < 4.78 is 29.1. The van der Waals surface area contributed by atoms with Crippen molar-refractivity contribution in [3.05, 3.63) is 53.5 Å². The Hall–Kier alpha value is -2.90. The molecule has 1 aliphatic heterocycles. The molecule has 0 N–H and O–H groups in total. The first-order valence-electron chi connectivity index (χ1n) is 7.54. The van der Waals surface area contributed by atoms with E-state index in [1.54, 1.807) is 0 Å². The van der Waals surface area contributed by atoms with Gasteiger partial charge < -0.3 is 4.90 Å². The number of halogens is 2. The molecule has 0 spiro atoms. The van der Waals surface area contributed by atoms with E-state index in [1.807, 2.05) is 4.90 Å². The molecule has 1 saturated heterocycles. The lowest BCUT2D eigenvalue weighted by Crippen LogP contribution is -2.25. The Labute approximate surface area is 135 Å². The minimum absolute atomic E-state index is 0.292. The molecule has 122 valence electrons. The summed E-state index contributed by atoms with van der Waals surface area (Å²) in [6.07, 6.45) is 5.03. The fourth-order valence-electron chi connectivity index (χ4n) is 3.12. The van der Waals surface area contributed by atoms with Gasteiger partial charge in [-0.3, -0.25) is 4.79 Å². The summed E-state index contributed by atoms with van der Waals surface area (Å²) in [5, 5.41) is 3.99. The zero-order valence-corrected chi connectivity index (χ0v) is 12.6. The second-order valence-corrected chi connectivity index (χ2v) is 5.66. The van der Waals surface area contributed by atoms with Crippen LogP contribution in [0.1, 0.15) is 34.8 Å². The van der Waals surface area contributed by atoms with E-state index < -0.39 is 11.6 Å². The van der Waals surface area contributed by atoms with Crippen LogP contribution in [0.15, 0.2) is 30.7 Å². The number of fused-ring (bicyclic) bond motifs is 1. The molecule has 0 saturated carbocycles. The van der Waals surface area contributed by atoms with E-state index in [0.717, 1.165) is 18.6 Å². The van der Waals surface area contributed by atoms with Gasteiger partial charge in [0, 0.05) is 12.1 Å². The van der Waals surface area contributed by atoms with Crippen molar-refractivity contribution < 1.29 is 13.6 Å². The number of aldehydes is 1. The Morgan fingerprint density at radius 3 is 3.00 bits per heavy atom. The minimum Gasteiger partial charge on any atom is -0.334 e. The molecule has 1 fully saturated rings. The molecule has 2 aromatic heterocycles. The zero-order valence-electron chi connectivity index (χ0n) is 12.6. The molecular weight excluding hydrogens is 316 g/mol. The number of carbonyl (C=O) groups excluding carboxylic acids is 1. The van der Waals surface area contributed by atoms with Crippen LogP contribution < -0.4 is 4.90 Å². The molecule has 0 amide bonds. The molecule has 3 heterocycles. The van der Waals surface area contributed by atoms with E-state index in [4.69, 9.17) is 0 Å². The van der Waals surface area contributed by atoms with Crippen molar-refractivity contribution in [1.82, 2.24) is 19.6 Å². The van der Waals surface area contributed by atoms with Crippen molar-refractivity contribution in [3.63, 3.8) is 0 Å². The van der Waals surface area contributed by atoms with Crippen LogP contribution in [0.4, 0.5) is 14.7 Å². The van der Waals surface area contributed by atoms with Crippen LogP contribution in [0.2, 0.25) is 0 Å². The first kappa shape index (κ1) is 14.7. The lowest BCUT2D eigenvalue weighted by Gasteiger charge is -2.25. The van der Waals surface area contributed by atoms with Crippen LogP contribution in [-0.2, 0) is 0 Å². The summed E-state index contributed by atoms with van der Waals surface area (Å²) in [4.78, 5) is 21.5. The predicted molar refractivity (Wildman–Crippen MR) is 81.8 cm³/mol. The third-order valence-electron chi connectivity index (χ3n) is 4.24. The minimum atomic E-state index is -0.478. The van der Waals surface area contributed by atoms with E-state index >= 15 is 0 Å². The van der Waals surface area contributed by atoms with E-state index in [1.165, 1.54) is 23.1 Å². The summed E-state index contributed by atoms with van der Waals surface area (Å²) >= 11 is 0. The van der Waals surface area contributed by atoms with Gasteiger partial charge in [-0.15, -0.1) is 0 Å². The maximum Gasteiger partial charge on any atom is 0.229 e. The SMILES string of the molecule is O=Cc1cnn2cnc(N3CCCC3c3cc(F)ccc3F)nc12. The van der Waals surface area contributed by atoms with Gasteiger partial charge in [0.1, 0.15) is 18.0 Å². The first-order chi connectivity index (χ1) is 11.7. The van der Waals surface area contributed by atoms with E-state index in [0.29, 0.717) is 42.0 Å². The Morgan fingerprint density at radius 2 is 2.17 bits per heavy atom.